The average Bonchev–Trinajstić information content (AvgIpc) is 2.56. The number of nitrogens with zero attached hydrogens (tertiary/aromatic N) is 1. The van der Waals surface area contributed by atoms with Crippen LogP contribution in [-0.4, -0.2) is 50.8 Å². The van der Waals surface area contributed by atoms with Crippen LogP contribution in [-0.2, 0) is 16.1 Å². The molecule has 5 nitrogen and oxygen atoms in total. The van der Waals surface area contributed by atoms with Gasteiger partial charge in [0.1, 0.15) is 0 Å². The highest BCUT2D eigenvalue weighted by atomic mass is 19.1. The van der Waals surface area contributed by atoms with Gasteiger partial charge in [-0.05, 0) is 50.7 Å². The van der Waals surface area contributed by atoms with Crippen LogP contribution in [0.4, 0.5) is 4.39 Å². The van der Waals surface area contributed by atoms with Gasteiger partial charge in [0.2, 0.25) is 0 Å². The van der Waals surface area contributed by atoms with Crippen molar-refractivity contribution in [2.75, 3.05) is 34.4 Å². The van der Waals surface area contributed by atoms with Crippen molar-refractivity contribution in [2.24, 2.45) is 0 Å². The fourth-order valence-corrected chi connectivity index (χ4v) is 2.91. The first-order valence-corrected chi connectivity index (χ1v) is 7.81. The van der Waals surface area contributed by atoms with Crippen LogP contribution in [0.3, 0.4) is 0 Å². The molecule has 23 heavy (non-hydrogen) atoms. The van der Waals surface area contributed by atoms with Gasteiger partial charge in [0.15, 0.2) is 11.6 Å². The molecule has 0 saturated carbocycles. The van der Waals surface area contributed by atoms with Crippen LogP contribution in [0, 0.1) is 5.82 Å². The van der Waals surface area contributed by atoms with Gasteiger partial charge >= 0.3 is 5.97 Å². The molecule has 1 aliphatic heterocycles. The van der Waals surface area contributed by atoms with E-state index < -0.39 is 0 Å². The summed E-state index contributed by atoms with van der Waals surface area (Å²) in [5.74, 6) is -0.353. The van der Waals surface area contributed by atoms with Crippen molar-refractivity contribution >= 4 is 5.97 Å². The molecule has 0 bridgehead atoms. The predicted octanol–water partition coefficient (Wildman–Crippen LogP) is 1.95. The lowest BCUT2D eigenvalue weighted by Gasteiger charge is -2.41. The number of carbonyl (C=O) groups excluding carboxylic acids is 1. The highest BCUT2D eigenvalue weighted by Gasteiger charge is 2.35. The lowest BCUT2D eigenvalue weighted by molar-refractivity contribution is -0.143. The first-order chi connectivity index (χ1) is 11.0. The van der Waals surface area contributed by atoms with E-state index in [1.165, 1.54) is 20.3 Å². The summed E-state index contributed by atoms with van der Waals surface area (Å²) in [6, 6.07) is 4.81. The van der Waals surface area contributed by atoms with E-state index in [9.17, 15) is 9.18 Å². The maximum Gasteiger partial charge on any atom is 0.307 e. The van der Waals surface area contributed by atoms with E-state index in [4.69, 9.17) is 9.47 Å². The summed E-state index contributed by atoms with van der Waals surface area (Å²) in [6.45, 7) is 2.41. The highest BCUT2D eigenvalue weighted by Crippen LogP contribution is 2.27. The van der Waals surface area contributed by atoms with Crippen molar-refractivity contribution in [3.8, 4) is 5.75 Å². The molecule has 1 saturated heterocycles. The van der Waals surface area contributed by atoms with Gasteiger partial charge in [-0.1, -0.05) is 6.07 Å². The molecule has 2 rings (SSSR count). The Morgan fingerprint density at radius 3 is 2.65 bits per heavy atom. The number of hydrogen-bond donors (Lipinski definition) is 1. The maximum absolute atomic E-state index is 13.5. The summed E-state index contributed by atoms with van der Waals surface area (Å²) >= 11 is 0. The number of carbonyl (C=O) groups is 1. The smallest absolute Gasteiger partial charge is 0.307 e. The van der Waals surface area contributed by atoms with Crippen molar-refractivity contribution in [2.45, 2.75) is 31.3 Å². The Labute approximate surface area is 136 Å². The van der Waals surface area contributed by atoms with Gasteiger partial charge in [-0.3, -0.25) is 4.79 Å². The maximum atomic E-state index is 13.5. The van der Waals surface area contributed by atoms with Crippen LogP contribution >= 0.6 is 0 Å². The molecule has 1 aromatic rings. The molecule has 1 N–H and O–H groups in total. The molecule has 0 aromatic heterocycles. The molecule has 0 aliphatic carbocycles. The molecule has 0 spiro atoms. The molecule has 0 amide bonds. The zero-order valence-electron chi connectivity index (χ0n) is 14.0. The van der Waals surface area contributed by atoms with Crippen molar-refractivity contribution in [3.63, 3.8) is 0 Å². The Kier molecular flexibility index (Phi) is 5.96. The van der Waals surface area contributed by atoms with Crippen LogP contribution in [0.2, 0.25) is 0 Å². The number of halogens is 1. The lowest BCUT2D eigenvalue weighted by Crippen LogP contribution is -2.53. The van der Waals surface area contributed by atoms with Crippen LogP contribution in [0.15, 0.2) is 18.2 Å². The molecule has 0 unspecified atom stereocenters. The standard InChI is InChI=1S/C17H25FN2O3/c1-20-8-6-17(7-9-20,11-16(21)23-3)19-12-13-4-5-14(18)15(10-13)22-2/h4-5,10,19H,6-9,11-12H2,1-3H3. The molecule has 0 radical (unpaired) electrons. The Morgan fingerprint density at radius 1 is 1.35 bits per heavy atom. The minimum absolute atomic E-state index is 0.210. The average molecular weight is 324 g/mol. The molecule has 1 heterocycles. The molecule has 1 aromatic carbocycles. The number of rotatable bonds is 6. The monoisotopic (exact) mass is 324 g/mol. The number of ether oxygens (including phenoxy) is 2. The normalized spacial score (nSPS) is 17.7. The molecule has 1 aliphatic rings. The minimum Gasteiger partial charge on any atom is -0.494 e. The summed E-state index contributed by atoms with van der Waals surface area (Å²) in [5, 5.41) is 3.50. The third-order valence-corrected chi connectivity index (χ3v) is 4.54. The Balaban J connectivity index is 2.07. The summed E-state index contributed by atoms with van der Waals surface area (Å²) in [6.07, 6.45) is 2.09. The number of methoxy groups -OCH3 is 2. The molecule has 0 atom stereocenters. The lowest BCUT2D eigenvalue weighted by atomic mass is 9.84. The number of hydrogen-bond acceptors (Lipinski definition) is 5. The van der Waals surface area contributed by atoms with Gasteiger partial charge in [-0.25, -0.2) is 4.39 Å². The third kappa shape index (κ3) is 4.65. The molecule has 1 fully saturated rings. The summed E-state index contributed by atoms with van der Waals surface area (Å²) in [7, 11) is 4.94. The van der Waals surface area contributed by atoms with E-state index in [1.807, 2.05) is 0 Å². The molecule has 128 valence electrons. The van der Waals surface area contributed by atoms with E-state index in [0.717, 1.165) is 31.5 Å². The van der Waals surface area contributed by atoms with Crippen LogP contribution in [0.25, 0.3) is 0 Å². The molecular formula is C17H25FN2O3. The SMILES string of the molecule is COC(=O)CC1(NCc2ccc(F)c(OC)c2)CCN(C)CC1. The fraction of sp³-hybridized carbons (Fsp3) is 0.588. The number of benzene rings is 1. The number of likely N-dealkylation sites (tertiary alicyclic amines) is 1. The fourth-order valence-electron chi connectivity index (χ4n) is 2.91. The van der Waals surface area contributed by atoms with Crippen molar-refractivity contribution in [1.82, 2.24) is 10.2 Å². The van der Waals surface area contributed by atoms with Gasteiger partial charge in [0.25, 0.3) is 0 Å². The predicted molar refractivity (Wildman–Crippen MR) is 85.9 cm³/mol. The quantitative estimate of drug-likeness (QED) is 0.811. The van der Waals surface area contributed by atoms with E-state index in [0.29, 0.717) is 13.0 Å². The first kappa shape index (κ1) is 17.7. The second-order valence-electron chi connectivity index (χ2n) is 6.16. The third-order valence-electron chi connectivity index (χ3n) is 4.54. The van der Waals surface area contributed by atoms with Crippen molar-refractivity contribution < 1.29 is 18.7 Å². The number of esters is 1. The van der Waals surface area contributed by atoms with Crippen LogP contribution < -0.4 is 10.1 Å². The molecule has 6 heteroatoms. The number of piperidine rings is 1. The first-order valence-electron chi connectivity index (χ1n) is 7.81. The van der Waals surface area contributed by atoms with Crippen molar-refractivity contribution in [1.29, 1.82) is 0 Å². The zero-order chi connectivity index (χ0) is 16.9. The number of nitrogens with one attached hydrogen (secondary N) is 1. The van der Waals surface area contributed by atoms with E-state index in [-0.39, 0.29) is 23.1 Å². The summed E-state index contributed by atoms with van der Waals surface area (Å²) in [4.78, 5) is 14.0. The second kappa shape index (κ2) is 7.75. The minimum atomic E-state index is -0.375. The summed E-state index contributed by atoms with van der Waals surface area (Å²) in [5.41, 5.74) is 0.646. The largest absolute Gasteiger partial charge is 0.494 e. The van der Waals surface area contributed by atoms with Crippen LogP contribution in [0.5, 0.6) is 5.75 Å². The van der Waals surface area contributed by atoms with Gasteiger partial charge in [0, 0.05) is 12.1 Å². The Morgan fingerprint density at radius 2 is 2.04 bits per heavy atom. The van der Waals surface area contributed by atoms with Gasteiger partial charge < -0.3 is 19.7 Å². The van der Waals surface area contributed by atoms with Gasteiger partial charge in [0.05, 0.1) is 20.6 Å². The van der Waals surface area contributed by atoms with E-state index >= 15 is 0 Å². The Hall–Kier alpha value is -1.66. The second-order valence-corrected chi connectivity index (χ2v) is 6.16. The topological polar surface area (TPSA) is 50.8 Å². The van der Waals surface area contributed by atoms with Crippen LogP contribution in [0.1, 0.15) is 24.8 Å². The zero-order valence-corrected chi connectivity index (χ0v) is 14.0. The van der Waals surface area contributed by atoms with E-state index in [1.54, 1.807) is 12.1 Å². The van der Waals surface area contributed by atoms with Gasteiger partial charge in [-0.2, -0.15) is 0 Å². The van der Waals surface area contributed by atoms with E-state index in [2.05, 4.69) is 17.3 Å². The van der Waals surface area contributed by atoms with Crippen molar-refractivity contribution in [3.05, 3.63) is 29.6 Å². The highest BCUT2D eigenvalue weighted by molar-refractivity contribution is 5.70. The molecular weight excluding hydrogens is 299 g/mol. The van der Waals surface area contributed by atoms with Gasteiger partial charge in [-0.15, -0.1) is 0 Å². The Bertz CT molecular complexity index is 543. The summed E-state index contributed by atoms with van der Waals surface area (Å²) < 4.78 is 23.4.